The molecule has 136 valence electrons. The van der Waals surface area contributed by atoms with Crippen molar-refractivity contribution in [2.24, 2.45) is 5.92 Å². The van der Waals surface area contributed by atoms with Crippen molar-refractivity contribution in [2.75, 3.05) is 19.6 Å². The van der Waals surface area contributed by atoms with Crippen LogP contribution in [0.1, 0.15) is 48.9 Å². The third-order valence-corrected chi connectivity index (χ3v) is 5.12. The third kappa shape index (κ3) is 4.61. The molecule has 1 aromatic rings. The Morgan fingerprint density at radius 2 is 1.80 bits per heavy atom. The van der Waals surface area contributed by atoms with Gasteiger partial charge in [-0.2, -0.15) is 0 Å². The first-order valence-corrected chi connectivity index (χ1v) is 9.03. The highest BCUT2D eigenvalue weighted by atomic mass is 16.3. The van der Waals surface area contributed by atoms with E-state index in [2.05, 4.69) is 10.6 Å². The number of hydrogen-bond acceptors (Lipinski definition) is 4. The molecule has 0 spiro atoms. The van der Waals surface area contributed by atoms with E-state index in [9.17, 15) is 14.4 Å². The number of carbonyl (C=O) groups is 3. The molecule has 25 heavy (non-hydrogen) atoms. The van der Waals surface area contributed by atoms with Crippen molar-refractivity contribution in [3.63, 3.8) is 0 Å². The summed E-state index contributed by atoms with van der Waals surface area (Å²) in [5.74, 6) is -0.813. The number of carbonyl (C=O) groups excluding carboxylic acids is 3. The van der Waals surface area contributed by atoms with Gasteiger partial charge in [0, 0.05) is 25.7 Å². The molecule has 1 aliphatic heterocycles. The van der Waals surface area contributed by atoms with Crippen LogP contribution in [-0.2, 0) is 9.59 Å². The second-order valence-corrected chi connectivity index (χ2v) is 6.91. The number of hydrogen-bond donors (Lipinski definition) is 2. The van der Waals surface area contributed by atoms with E-state index in [1.54, 1.807) is 11.0 Å². The molecule has 1 saturated carbocycles. The minimum Gasteiger partial charge on any atom is -0.472 e. The van der Waals surface area contributed by atoms with E-state index in [1.807, 2.05) is 0 Å². The van der Waals surface area contributed by atoms with Crippen LogP contribution in [-0.4, -0.2) is 48.3 Å². The maximum absolute atomic E-state index is 12.2. The summed E-state index contributed by atoms with van der Waals surface area (Å²) >= 11 is 0. The molecule has 0 bridgehead atoms. The fourth-order valence-electron chi connectivity index (χ4n) is 3.55. The highest BCUT2D eigenvalue weighted by molar-refractivity contribution is 6.35. The molecule has 0 unspecified atom stereocenters. The standard InChI is InChI=1S/C18H25N3O4/c22-16(17(23)20-15-3-1-2-4-15)19-11-13-5-8-21(9-6-13)18(24)14-7-10-25-12-14/h7,10,12-13,15H,1-6,8-9,11H2,(H,19,22)(H,20,23). The number of furan rings is 1. The summed E-state index contributed by atoms with van der Waals surface area (Å²) in [7, 11) is 0. The average Bonchev–Trinajstić information content (AvgIpc) is 3.33. The summed E-state index contributed by atoms with van der Waals surface area (Å²) < 4.78 is 4.95. The van der Waals surface area contributed by atoms with Crippen LogP contribution in [0.5, 0.6) is 0 Å². The van der Waals surface area contributed by atoms with Gasteiger partial charge in [-0.3, -0.25) is 14.4 Å². The van der Waals surface area contributed by atoms with Gasteiger partial charge in [0.05, 0.1) is 11.8 Å². The topological polar surface area (TPSA) is 91.7 Å². The molecule has 0 aromatic carbocycles. The summed E-state index contributed by atoms with van der Waals surface area (Å²) in [6, 6.07) is 1.81. The summed E-state index contributed by atoms with van der Waals surface area (Å²) in [6.45, 7) is 1.78. The minimum atomic E-state index is -0.552. The van der Waals surface area contributed by atoms with Gasteiger partial charge >= 0.3 is 11.8 Å². The fourth-order valence-corrected chi connectivity index (χ4v) is 3.55. The first-order chi connectivity index (χ1) is 12.1. The zero-order valence-electron chi connectivity index (χ0n) is 14.3. The van der Waals surface area contributed by atoms with E-state index in [0.29, 0.717) is 25.2 Å². The Labute approximate surface area is 147 Å². The lowest BCUT2D eigenvalue weighted by molar-refractivity contribution is -0.139. The van der Waals surface area contributed by atoms with Gasteiger partial charge in [-0.25, -0.2) is 0 Å². The number of nitrogens with one attached hydrogen (secondary N) is 2. The zero-order valence-corrected chi connectivity index (χ0v) is 14.3. The Hall–Kier alpha value is -2.31. The van der Waals surface area contributed by atoms with Crippen LogP contribution in [0.25, 0.3) is 0 Å². The van der Waals surface area contributed by atoms with Crippen LogP contribution >= 0.6 is 0 Å². The zero-order chi connectivity index (χ0) is 17.6. The Bertz CT molecular complexity index is 600. The van der Waals surface area contributed by atoms with Crippen molar-refractivity contribution in [2.45, 2.75) is 44.6 Å². The van der Waals surface area contributed by atoms with Gasteiger partial charge in [-0.05, 0) is 37.7 Å². The van der Waals surface area contributed by atoms with E-state index in [0.717, 1.165) is 38.5 Å². The van der Waals surface area contributed by atoms with Crippen molar-refractivity contribution in [3.05, 3.63) is 24.2 Å². The molecule has 0 radical (unpaired) electrons. The minimum absolute atomic E-state index is 0.0211. The van der Waals surface area contributed by atoms with E-state index in [4.69, 9.17) is 4.42 Å². The monoisotopic (exact) mass is 347 g/mol. The van der Waals surface area contributed by atoms with Crippen LogP contribution in [0.15, 0.2) is 23.0 Å². The van der Waals surface area contributed by atoms with E-state index in [-0.39, 0.29) is 17.9 Å². The lowest BCUT2D eigenvalue weighted by atomic mass is 9.96. The van der Waals surface area contributed by atoms with Gasteiger partial charge in [0.1, 0.15) is 6.26 Å². The van der Waals surface area contributed by atoms with E-state index in [1.165, 1.54) is 12.5 Å². The smallest absolute Gasteiger partial charge is 0.309 e. The highest BCUT2D eigenvalue weighted by Gasteiger charge is 2.26. The largest absolute Gasteiger partial charge is 0.472 e. The quantitative estimate of drug-likeness (QED) is 0.803. The first kappa shape index (κ1) is 17.5. The normalized spacial score (nSPS) is 19.0. The molecule has 2 fully saturated rings. The molecule has 2 heterocycles. The van der Waals surface area contributed by atoms with Gasteiger partial charge in [0.25, 0.3) is 5.91 Å². The highest BCUT2D eigenvalue weighted by Crippen LogP contribution is 2.19. The van der Waals surface area contributed by atoms with Crippen molar-refractivity contribution in [1.82, 2.24) is 15.5 Å². The van der Waals surface area contributed by atoms with Crippen molar-refractivity contribution in [3.8, 4) is 0 Å². The summed E-state index contributed by atoms with van der Waals surface area (Å²) in [5.41, 5.74) is 0.565. The lowest BCUT2D eigenvalue weighted by Gasteiger charge is -2.31. The Morgan fingerprint density at radius 1 is 1.08 bits per heavy atom. The number of piperidine rings is 1. The summed E-state index contributed by atoms with van der Waals surface area (Å²) in [4.78, 5) is 37.8. The molecule has 2 N–H and O–H groups in total. The predicted octanol–water partition coefficient (Wildman–Crippen LogP) is 1.31. The molecule has 1 aliphatic carbocycles. The van der Waals surface area contributed by atoms with Crippen LogP contribution in [0.3, 0.4) is 0 Å². The molecule has 7 nitrogen and oxygen atoms in total. The van der Waals surface area contributed by atoms with Crippen LogP contribution in [0.4, 0.5) is 0 Å². The Balaban J connectivity index is 1.36. The molecular weight excluding hydrogens is 322 g/mol. The number of nitrogens with zero attached hydrogens (tertiary/aromatic N) is 1. The second kappa shape index (κ2) is 8.18. The molecule has 3 rings (SSSR count). The maximum Gasteiger partial charge on any atom is 0.309 e. The molecular formula is C18H25N3O4. The van der Waals surface area contributed by atoms with Crippen LogP contribution < -0.4 is 10.6 Å². The van der Waals surface area contributed by atoms with E-state index >= 15 is 0 Å². The fraction of sp³-hybridized carbons (Fsp3) is 0.611. The average molecular weight is 347 g/mol. The number of likely N-dealkylation sites (tertiary alicyclic amines) is 1. The second-order valence-electron chi connectivity index (χ2n) is 6.91. The predicted molar refractivity (Wildman–Crippen MR) is 90.7 cm³/mol. The Kier molecular flexibility index (Phi) is 5.73. The van der Waals surface area contributed by atoms with Gasteiger partial charge in [-0.1, -0.05) is 12.8 Å². The summed E-state index contributed by atoms with van der Waals surface area (Å²) in [6.07, 6.45) is 8.72. The maximum atomic E-state index is 12.2. The molecule has 2 aliphatic rings. The molecule has 1 saturated heterocycles. The first-order valence-electron chi connectivity index (χ1n) is 9.03. The van der Waals surface area contributed by atoms with E-state index < -0.39 is 11.8 Å². The van der Waals surface area contributed by atoms with Crippen LogP contribution in [0, 0.1) is 5.92 Å². The lowest BCUT2D eigenvalue weighted by Crippen LogP contribution is -2.46. The SMILES string of the molecule is O=C(NCC1CCN(C(=O)c2ccoc2)CC1)C(=O)NC1CCCC1. The van der Waals surface area contributed by atoms with Crippen molar-refractivity contribution >= 4 is 17.7 Å². The van der Waals surface area contributed by atoms with Crippen molar-refractivity contribution < 1.29 is 18.8 Å². The van der Waals surface area contributed by atoms with Crippen molar-refractivity contribution in [1.29, 1.82) is 0 Å². The molecule has 1 aromatic heterocycles. The molecule has 3 amide bonds. The van der Waals surface area contributed by atoms with Gasteiger partial charge in [-0.15, -0.1) is 0 Å². The van der Waals surface area contributed by atoms with Gasteiger partial charge < -0.3 is 20.0 Å². The van der Waals surface area contributed by atoms with Gasteiger partial charge in [0.2, 0.25) is 0 Å². The van der Waals surface area contributed by atoms with Gasteiger partial charge in [0.15, 0.2) is 0 Å². The summed E-state index contributed by atoms with van der Waals surface area (Å²) in [5, 5.41) is 5.52. The molecule has 7 heteroatoms. The Morgan fingerprint density at radius 3 is 2.44 bits per heavy atom. The number of amides is 3. The molecule has 0 atom stereocenters. The van der Waals surface area contributed by atoms with Crippen LogP contribution in [0.2, 0.25) is 0 Å². The third-order valence-electron chi connectivity index (χ3n) is 5.12. The number of rotatable bonds is 4.